The van der Waals surface area contributed by atoms with Crippen LogP contribution in [0.15, 0.2) is 42.1 Å². The van der Waals surface area contributed by atoms with E-state index in [0.717, 1.165) is 16.8 Å². The minimum Gasteiger partial charge on any atom is -0.412 e. The van der Waals surface area contributed by atoms with Gasteiger partial charge in [-0.1, -0.05) is 41.4 Å². The number of hydrogen-bond donors (Lipinski definition) is 2. The molecule has 1 aromatic rings. The lowest BCUT2D eigenvalue weighted by atomic mass is 9.95. The quantitative estimate of drug-likeness (QED) is 0.617. The molecule has 1 aromatic carbocycles. The first kappa shape index (κ1) is 17.1. The molecule has 0 aliphatic heterocycles. The SMILES string of the molecule is Cl.NC1=CC=C(c2ccc(N)cc2)CC1(Cl)Cl.O. The summed E-state index contributed by atoms with van der Waals surface area (Å²) in [6.45, 7) is 0. The summed E-state index contributed by atoms with van der Waals surface area (Å²) in [7, 11) is 0. The van der Waals surface area contributed by atoms with Crippen molar-refractivity contribution in [3.63, 3.8) is 0 Å². The lowest BCUT2D eigenvalue weighted by Crippen LogP contribution is -2.25. The molecule has 6 heteroatoms. The molecule has 0 fully saturated rings. The zero-order valence-corrected chi connectivity index (χ0v) is 11.8. The maximum absolute atomic E-state index is 6.11. The zero-order valence-electron chi connectivity index (χ0n) is 9.49. The molecule has 1 aliphatic carbocycles. The molecule has 0 heterocycles. The van der Waals surface area contributed by atoms with Crippen LogP contribution in [0.4, 0.5) is 5.69 Å². The predicted octanol–water partition coefficient (Wildman–Crippen LogP) is 2.67. The number of halogens is 3. The number of benzene rings is 1. The highest BCUT2D eigenvalue weighted by Crippen LogP contribution is 2.40. The molecular weight excluding hydrogens is 295 g/mol. The zero-order chi connectivity index (χ0) is 11.8. The van der Waals surface area contributed by atoms with E-state index in [9.17, 15) is 0 Å². The van der Waals surface area contributed by atoms with Crippen molar-refractivity contribution in [2.75, 3.05) is 5.73 Å². The molecule has 0 unspecified atom stereocenters. The molecule has 0 aromatic heterocycles. The van der Waals surface area contributed by atoms with Gasteiger partial charge in [0.1, 0.15) is 0 Å². The van der Waals surface area contributed by atoms with Crippen molar-refractivity contribution in [3.05, 3.63) is 47.7 Å². The first-order valence-corrected chi connectivity index (χ1v) is 5.65. The highest BCUT2D eigenvalue weighted by atomic mass is 35.5. The number of anilines is 1. The molecular formula is C12H15Cl3N2O. The number of nitrogen functional groups attached to an aromatic ring is 1. The number of alkyl halides is 2. The van der Waals surface area contributed by atoms with E-state index in [0.29, 0.717) is 12.1 Å². The van der Waals surface area contributed by atoms with Gasteiger partial charge in [-0.05, 0) is 29.3 Å². The van der Waals surface area contributed by atoms with E-state index >= 15 is 0 Å². The van der Waals surface area contributed by atoms with Crippen molar-refractivity contribution in [1.29, 1.82) is 0 Å². The van der Waals surface area contributed by atoms with Crippen LogP contribution in [0.5, 0.6) is 0 Å². The first-order chi connectivity index (χ1) is 7.49. The Morgan fingerprint density at radius 2 is 1.56 bits per heavy atom. The molecule has 0 atom stereocenters. The van der Waals surface area contributed by atoms with E-state index in [1.165, 1.54) is 0 Å². The summed E-state index contributed by atoms with van der Waals surface area (Å²) in [6, 6.07) is 7.59. The van der Waals surface area contributed by atoms with Crippen LogP contribution in [-0.2, 0) is 0 Å². The van der Waals surface area contributed by atoms with E-state index in [1.54, 1.807) is 6.08 Å². The molecule has 0 saturated carbocycles. The van der Waals surface area contributed by atoms with Crippen LogP contribution in [0, 0.1) is 0 Å². The molecule has 0 spiro atoms. The molecule has 0 saturated heterocycles. The van der Waals surface area contributed by atoms with Crippen LogP contribution in [0.3, 0.4) is 0 Å². The summed E-state index contributed by atoms with van der Waals surface area (Å²) < 4.78 is -1.01. The molecule has 1 aliphatic rings. The number of nitrogens with two attached hydrogens (primary N) is 2. The maximum Gasteiger partial charge on any atom is 0.161 e. The molecule has 6 N–H and O–H groups in total. The predicted molar refractivity (Wildman–Crippen MR) is 81.0 cm³/mol. The molecule has 0 bridgehead atoms. The Balaban J connectivity index is 0.00000144. The summed E-state index contributed by atoms with van der Waals surface area (Å²) in [4.78, 5) is 0. The highest BCUT2D eigenvalue weighted by molar-refractivity contribution is 6.51. The number of hydrogen-bond acceptors (Lipinski definition) is 2. The van der Waals surface area contributed by atoms with Crippen LogP contribution in [0.1, 0.15) is 12.0 Å². The number of allylic oxidation sites excluding steroid dienone is 4. The van der Waals surface area contributed by atoms with Crippen LogP contribution >= 0.6 is 35.6 Å². The summed E-state index contributed by atoms with van der Waals surface area (Å²) in [5, 5.41) is 0. The fourth-order valence-corrected chi connectivity index (χ4v) is 2.02. The highest BCUT2D eigenvalue weighted by Gasteiger charge is 2.31. The van der Waals surface area contributed by atoms with E-state index in [1.807, 2.05) is 30.3 Å². The van der Waals surface area contributed by atoms with Gasteiger partial charge in [0.2, 0.25) is 0 Å². The van der Waals surface area contributed by atoms with Gasteiger partial charge in [-0.15, -0.1) is 12.4 Å². The summed E-state index contributed by atoms with van der Waals surface area (Å²) in [5.41, 5.74) is 14.7. The monoisotopic (exact) mass is 308 g/mol. The normalized spacial score (nSPS) is 16.8. The minimum absolute atomic E-state index is 0. The lowest BCUT2D eigenvalue weighted by molar-refractivity contribution is 0.824. The third kappa shape index (κ3) is 3.56. The van der Waals surface area contributed by atoms with Gasteiger partial charge in [0, 0.05) is 17.8 Å². The van der Waals surface area contributed by atoms with Crippen molar-refractivity contribution in [2.24, 2.45) is 5.73 Å². The Morgan fingerprint density at radius 3 is 2.06 bits per heavy atom. The van der Waals surface area contributed by atoms with Crippen LogP contribution in [0.25, 0.3) is 5.57 Å². The fraction of sp³-hybridized carbons (Fsp3) is 0.167. The molecule has 18 heavy (non-hydrogen) atoms. The Morgan fingerprint density at radius 1 is 1.00 bits per heavy atom. The summed E-state index contributed by atoms with van der Waals surface area (Å²) in [6.07, 6.45) is 4.18. The second-order valence-electron chi connectivity index (χ2n) is 3.82. The van der Waals surface area contributed by atoms with Gasteiger partial charge < -0.3 is 16.9 Å². The first-order valence-electron chi connectivity index (χ1n) is 4.89. The van der Waals surface area contributed by atoms with E-state index in [4.69, 9.17) is 34.7 Å². The minimum atomic E-state index is -1.01. The molecule has 100 valence electrons. The Kier molecular flexibility index (Phi) is 6.04. The second-order valence-corrected chi connectivity index (χ2v) is 5.30. The molecule has 3 nitrogen and oxygen atoms in total. The van der Waals surface area contributed by atoms with Crippen molar-refractivity contribution in [1.82, 2.24) is 0 Å². The van der Waals surface area contributed by atoms with Crippen LogP contribution < -0.4 is 11.5 Å². The van der Waals surface area contributed by atoms with Gasteiger partial charge in [0.05, 0.1) is 0 Å². The van der Waals surface area contributed by atoms with Crippen LogP contribution in [0.2, 0.25) is 0 Å². The van der Waals surface area contributed by atoms with Gasteiger partial charge in [0.15, 0.2) is 4.33 Å². The molecule has 2 rings (SSSR count). The van der Waals surface area contributed by atoms with Gasteiger partial charge in [0.25, 0.3) is 0 Å². The lowest BCUT2D eigenvalue weighted by Gasteiger charge is -2.25. The smallest absolute Gasteiger partial charge is 0.161 e. The van der Waals surface area contributed by atoms with E-state index in [2.05, 4.69) is 0 Å². The number of rotatable bonds is 1. The third-order valence-corrected chi connectivity index (χ3v) is 3.28. The average Bonchev–Trinajstić information content (AvgIpc) is 2.23. The third-order valence-electron chi connectivity index (χ3n) is 2.58. The van der Waals surface area contributed by atoms with Gasteiger partial charge >= 0.3 is 0 Å². The van der Waals surface area contributed by atoms with Crippen molar-refractivity contribution >= 4 is 46.9 Å². The largest absolute Gasteiger partial charge is 0.412 e. The molecule has 0 radical (unpaired) electrons. The fourth-order valence-electron chi connectivity index (χ4n) is 1.61. The van der Waals surface area contributed by atoms with Gasteiger partial charge in [-0.2, -0.15) is 0 Å². The van der Waals surface area contributed by atoms with Crippen molar-refractivity contribution < 1.29 is 5.48 Å². The topological polar surface area (TPSA) is 83.5 Å². The van der Waals surface area contributed by atoms with Gasteiger partial charge in [-0.3, -0.25) is 0 Å². The average molecular weight is 310 g/mol. The Labute approximate surface area is 122 Å². The summed E-state index contributed by atoms with van der Waals surface area (Å²) in [5.74, 6) is 0. The maximum atomic E-state index is 6.11. The van der Waals surface area contributed by atoms with Crippen LogP contribution in [-0.4, -0.2) is 9.81 Å². The van der Waals surface area contributed by atoms with Crippen molar-refractivity contribution in [2.45, 2.75) is 10.8 Å². The standard InChI is InChI=1S/C12H12Cl2N2.ClH.H2O/c13-12(14)7-9(3-6-11(12)16)8-1-4-10(15)5-2-8;;/h1-6H,7,15-16H2;1H;1H2. The van der Waals surface area contributed by atoms with E-state index < -0.39 is 4.33 Å². The summed E-state index contributed by atoms with van der Waals surface area (Å²) >= 11 is 12.2. The Hall–Kier alpha value is -0.870. The second kappa shape index (κ2) is 6.34. The van der Waals surface area contributed by atoms with E-state index in [-0.39, 0.29) is 17.9 Å². The molecule has 0 amide bonds. The van der Waals surface area contributed by atoms with Gasteiger partial charge in [-0.25, -0.2) is 0 Å². The van der Waals surface area contributed by atoms with Crippen molar-refractivity contribution in [3.8, 4) is 0 Å². The Bertz CT molecular complexity index is 467.